The van der Waals surface area contributed by atoms with Gasteiger partial charge in [-0.1, -0.05) is 75.4 Å². The summed E-state index contributed by atoms with van der Waals surface area (Å²) in [6.07, 6.45) is 2.35. The van der Waals surface area contributed by atoms with Gasteiger partial charge in [-0.05, 0) is 54.6 Å². The Bertz CT molecular complexity index is 716. The lowest BCUT2D eigenvalue weighted by Gasteiger charge is -2.44. The molecule has 0 aromatic heterocycles. The number of nitrogens with one attached hydrogen (secondary N) is 1. The van der Waals surface area contributed by atoms with Crippen LogP contribution in [0.5, 0.6) is 0 Å². The molecule has 0 aliphatic carbocycles. The summed E-state index contributed by atoms with van der Waals surface area (Å²) in [4.78, 5) is 0. The van der Waals surface area contributed by atoms with Gasteiger partial charge in [0, 0.05) is 6.04 Å². The van der Waals surface area contributed by atoms with Crippen LogP contribution in [-0.4, -0.2) is 21.6 Å². The molecule has 3 rings (SSSR count). The minimum atomic E-state index is -0.923. The van der Waals surface area contributed by atoms with Crippen molar-refractivity contribution in [2.45, 2.75) is 63.8 Å². The predicted molar refractivity (Wildman–Crippen MR) is 112 cm³/mol. The predicted octanol–water partition coefficient (Wildman–Crippen LogP) is 5.25. The summed E-state index contributed by atoms with van der Waals surface area (Å²) in [5.41, 5.74) is 3.60. The average molecular weight is 367 g/mol. The van der Waals surface area contributed by atoms with Crippen molar-refractivity contribution in [1.82, 2.24) is 5.32 Å². The molecule has 2 aromatic carbocycles. The summed E-state index contributed by atoms with van der Waals surface area (Å²) in [6, 6.07) is 20.0. The SMILES string of the molecule is C[Si](C)OC(c1ccccc1)(c1ccccc1C(C)(C)C)C1CCCN1. The normalized spacial score (nSPS) is 20.3. The standard InChI is InChI=1S/C23H32NOSi/c1-22(2,3)19-14-9-10-15-20(19)23(25-26(4)5,21-16-11-17-24-21)18-12-7-6-8-13-18/h6-10,12-15,21,24H,11,16-17H2,1-5H3. The van der Waals surface area contributed by atoms with Crippen LogP contribution in [0.2, 0.25) is 13.1 Å². The highest BCUT2D eigenvalue weighted by molar-refractivity contribution is 6.48. The zero-order chi connectivity index (χ0) is 18.8. The maximum absolute atomic E-state index is 6.97. The van der Waals surface area contributed by atoms with Crippen molar-refractivity contribution in [2.24, 2.45) is 0 Å². The van der Waals surface area contributed by atoms with E-state index >= 15 is 0 Å². The van der Waals surface area contributed by atoms with Crippen LogP contribution in [0.3, 0.4) is 0 Å². The summed E-state index contributed by atoms with van der Waals surface area (Å²) in [7, 11) is -0.923. The summed E-state index contributed by atoms with van der Waals surface area (Å²) in [5.74, 6) is 0. The summed E-state index contributed by atoms with van der Waals surface area (Å²) < 4.78 is 6.97. The van der Waals surface area contributed by atoms with Gasteiger partial charge >= 0.3 is 0 Å². The van der Waals surface area contributed by atoms with E-state index in [0.29, 0.717) is 6.04 Å². The van der Waals surface area contributed by atoms with Crippen molar-refractivity contribution in [3.05, 3.63) is 71.3 Å². The van der Waals surface area contributed by atoms with Crippen LogP contribution >= 0.6 is 0 Å². The molecule has 1 N–H and O–H groups in total. The molecule has 0 spiro atoms. The first kappa shape index (κ1) is 19.3. The van der Waals surface area contributed by atoms with Crippen LogP contribution in [-0.2, 0) is 15.4 Å². The Morgan fingerprint density at radius 1 is 0.923 bits per heavy atom. The Hall–Kier alpha value is -1.42. The summed E-state index contributed by atoms with van der Waals surface area (Å²) >= 11 is 0. The van der Waals surface area contributed by atoms with Gasteiger partial charge in [-0.15, -0.1) is 0 Å². The Labute approximate surface area is 160 Å². The maximum Gasteiger partial charge on any atom is 0.206 e. The number of rotatable bonds is 5. The van der Waals surface area contributed by atoms with E-state index in [9.17, 15) is 0 Å². The monoisotopic (exact) mass is 366 g/mol. The van der Waals surface area contributed by atoms with E-state index in [0.717, 1.165) is 13.0 Å². The van der Waals surface area contributed by atoms with Crippen LogP contribution in [0.15, 0.2) is 54.6 Å². The molecule has 1 saturated heterocycles. The molecule has 2 aromatic rings. The second-order valence-corrected chi connectivity index (χ2v) is 10.6. The third kappa shape index (κ3) is 3.66. The van der Waals surface area contributed by atoms with Gasteiger partial charge in [-0.25, -0.2) is 0 Å². The second kappa shape index (κ2) is 7.67. The number of hydrogen-bond acceptors (Lipinski definition) is 2. The molecule has 0 saturated carbocycles. The molecule has 2 nitrogen and oxygen atoms in total. The average Bonchev–Trinajstić information content (AvgIpc) is 3.14. The molecular formula is C23H32NOSi. The van der Waals surface area contributed by atoms with E-state index in [1.54, 1.807) is 0 Å². The van der Waals surface area contributed by atoms with Crippen molar-refractivity contribution < 1.29 is 4.43 Å². The lowest BCUT2D eigenvalue weighted by molar-refractivity contribution is 0.0696. The van der Waals surface area contributed by atoms with E-state index in [1.165, 1.54) is 23.1 Å². The molecular weight excluding hydrogens is 334 g/mol. The van der Waals surface area contributed by atoms with Crippen molar-refractivity contribution in [1.29, 1.82) is 0 Å². The molecule has 0 amide bonds. The Kier molecular flexibility index (Phi) is 5.71. The molecule has 2 unspecified atom stereocenters. The van der Waals surface area contributed by atoms with Gasteiger partial charge in [-0.3, -0.25) is 0 Å². The first-order valence-electron chi connectivity index (χ1n) is 9.74. The van der Waals surface area contributed by atoms with Crippen LogP contribution in [0.25, 0.3) is 0 Å². The molecule has 2 atom stereocenters. The molecule has 26 heavy (non-hydrogen) atoms. The number of hydrogen-bond donors (Lipinski definition) is 1. The van der Waals surface area contributed by atoms with Crippen molar-refractivity contribution >= 4 is 9.04 Å². The van der Waals surface area contributed by atoms with Crippen molar-refractivity contribution in [3.63, 3.8) is 0 Å². The highest BCUT2D eigenvalue weighted by Crippen LogP contribution is 2.44. The highest BCUT2D eigenvalue weighted by atomic mass is 28.3. The molecule has 0 bridgehead atoms. The number of benzene rings is 2. The highest BCUT2D eigenvalue weighted by Gasteiger charge is 2.46. The fourth-order valence-electron chi connectivity index (χ4n) is 4.23. The van der Waals surface area contributed by atoms with Crippen LogP contribution in [0, 0.1) is 0 Å². The van der Waals surface area contributed by atoms with Crippen LogP contribution in [0.4, 0.5) is 0 Å². The van der Waals surface area contributed by atoms with Gasteiger partial charge < -0.3 is 9.74 Å². The van der Waals surface area contributed by atoms with Gasteiger partial charge in [-0.2, -0.15) is 0 Å². The zero-order valence-electron chi connectivity index (χ0n) is 16.8. The van der Waals surface area contributed by atoms with Gasteiger partial charge in [0.1, 0.15) is 5.60 Å². The third-order valence-corrected chi connectivity index (χ3v) is 5.98. The summed E-state index contributed by atoms with van der Waals surface area (Å²) in [5, 5.41) is 3.77. The molecule has 1 aliphatic rings. The molecule has 139 valence electrons. The minimum absolute atomic E-state index is 0.0625. The van der Waals surface area contributed by atoms with Crippen molar-refractivity contribution in [3.8, 4) is 0 Å². The van der Waals surface area contributed by atoms with E-state index in [4.69, 9.17) is 4.43 Å². The fraction of sp³-hybridized carbons (Fsp3) is 0.478. The zero-order valence-corrected chi connectivity index (χ0v) is 17.8. The Morgan fingerprint density at radius 3 is 2.08 bits per heavy atom. The summed E-state index contributed by atoms with van der Waals surface area (Å²) in [6.45, 7) is 12.5. The van der Waals surface area contributed by atoms with Crippen LogP contribution in [0.1, 0.15) is 50.3 Å². The van der Waals surface area contributed by atoms with E-state index < -0.39 is 14.6 Å². The van der Waals surface area contributed by atoms with E-state index in [-0.39, 0.29) is 5.41 Å². The van der Waals surface area contributed by atoms with Gasteiger partial charge in [0.15, 0.2) is 0 Å². The third-order valence-electron chi connectivity index (χ3n) is 5.25. The first-order chi connectivity index (χ1) is 12.4. The van der Waals surface area contributed by atoms with Gasteiger partial charge in [0.2, 0.25) is 9.04 Å². The van der Waals surface area contributed by atoms with Gasteiger partial charge in [0.25, 0.3) is 0 Å². The molecule has 3 heteroatoms. The second-order valence-electron chi connectivity index (χ2n) is 8.56. The van der Waals surface area contributed by atoms with Gasteiger partial charge in [0.05, 0.1) is 0 Å². The minimum Gasteiger partial charge on any atom is -0.402 e. The molecule has 1 radical (unpaired) electrons. The fourth-order valence-corrected chi connectivity index (χ4v) is 5.24. The molecule has 1 fully saturated rings. The Balaban J connectivity index is 2.30. The van der Waals surface area contributed by atoms with Crippen molar-refractivity contribution in [2.75, 3.05) is 6.54 Å². The lowest BCUT2D eigenvalue weighted by atomic mass is 9.72. The molecule has 1 heterocycles. The van der Waals surface area contributed by atoms with E-state index in [2.05, 4.69) is 93.8 Å². The quantitative estimate of drug-likeness (QED) is 0.730. The first-order valence-corrected chi connectivity index (χ1v) is 12.1. The Morgan fingerprint density at radius 2 is 1.54 bits per heavy atom. The smallest absolute Gasteiger partial charge is 0.206 e. The maximum atomic E-state index is 6.97. The largest absolute Gasteiger partial charge is 0.402 e. The lowest BCUT2D eigenvalue weighted by Crippen LogP contribution is -2.51. The molecule has 1 aliphatic heterocycles. The van der Waals surface area contributed by atoms with E-state index in [1.807, 2.05) is 0 Å². The topological polar surface area (TPSA) is 21.3 Å². The van der Waals surface area contributed by atoms with Crippen LogP contribution < -0.4 is 5.32 Å².